The van der Waals surface area contributed by atoms with E-state index in [0.29, 0.717) is 17.7 Å². The molecule has 1 aliphatic heterocycles. The summed E-state index contributed by atoms with van der Waals surface area (Å²) in [4.78, 5) is 28.1. The molecule has 1 aromatic rings. The number of piperazine rings is 1. The molecule has 2 amide bonds. The molecule has 2 unspecified atom stereocenters. The topological polar surface area (TPSA) is 52.7 Å². The van der Waals surface area contributed by atoms with Gasteiger partial charge in [0.15, 0.2) is 0 Å². The van der Waals surface area contributed by atoms with Gasteiger partial charge in [0.2, 0.25) is 0 Å². The van der Waals surface area contributed by atoms with Crippen molar-refractivity contribution in [1.82, 2.24) is 15.1 Å². The van der Waals surface area contributed by atoms with Crippen LogP contribution < -0.4 is 5.32 Å². The fraction of sp³-hybridized carbons (Fsp3) is 0.500. The van der Waals surface area contributed by atoms with E-state index in [2.05, 4.69) is 12.2 Å². The van der Waals surface area contributed by atoms with E-state index in [1.807, 2.05) is 11.8 Å². The molecule has 0 bridgehead atoms. The molecule has 1 heterocycles. The highest BCUT2D eigenvalue weighted by Gasteiger charge is 2.28. The number of carbonyl (C=O) groups excluding carboxylic acids is 2. The van der Waals surface area contributed by atoms with Crippen LogP contribution in [0.2, 0.25) is 0 Å². The summed E-state index contributed by atoms with van der Waals surface area (Å²) < 4.78 is 0. The van der Waals surface area contributed by atoms with E-state index in [0.717, 1.165) is 6.54 Å². The highest BCUT2D eigenvalue weighted by Crippen LogP contribution is 2.15. The molecule has 1 aromatic carbocycles. The predicted molar refractivity (Wildman–Crippen MR) is 89.7 cm³/mol. The zero-order chi connectivity index (χ0) is 15.6. The van der Waals surface area contributed by atoms with Crippen LogP contribution in [0.3, 0.4) is 0 Å². The van der Waals surface area contributed by atoms with Gasteiger partial charge in [-0.2, -0.15) is 0 Å². The third-order valence-electron chi connectivity index (χ3n) is 4.06. The lowest BCUT2D eigenvalue weighted by atomic mass is 10.0. The Morgan fingerprint density at radius 1 is 1.23 bits per heavy atom. The molecule has 1 saturated heterocycles. The molecule has 0 spiro atoms. The molecule has 1 aliphatic rings. The average Bonchev–Trinajstić information content (AvgIpc) is 2.48. The zero-order valence-corrected chi connectivity index (χ0v) is 14.3. The molecule has 5 nitrogen and oxygen atoms in total. The first-order valence-electron chi connectivity index (χ1n) is 7.28. The number of halogens is 1. The largest absolute Gasteiger partial charge is 0.345 e. The fourth-order valence-corrected chi connectivity index (χ4v) is 2.55. The molecule has 2 atom stereocenters. The van der Waals surface area contributed by atoms with Crippen LogP contribution in [0.1, 0.15) is 34.6 Å². The Balaban J connectivity index is 0.00000242. The van der Waals surface area contributed by atoms with Gasteiger partial charge in [-0.15, -0.1) is 12.4 Å². The first-order chi connectivity index (χ1) is 9.91. The molecule has 22 heavy (non-hydrogen) atoms. The van der Waals surface area contributed by atoms with Crippen molar-refractivity contribution in [2.45, 2.75) is 25.9 Å². The van der Waals surface area contributed by atoms with Crippen LogP contribution in [-0.4, -0.2) is 60.9 Å². The van der Waals surface area contributed by atoms with Crippen LogP contribution in [0, 0.1) is 0 Å². The van der Waals surface area contributed by atoms with E-state index in [4.69, 9.17) is 0 Å². The van der Waals surface area contributed by atoms with Crippen molar-refractivity contribution in [3.05, 3.63) is 35.4 Å². The molecular formula is C16H24ClN3O2. The Labute approximate surface area is 138 Å². The van der Waals surface area contributed by atoms with Gasteiger partial charge in [-0.1, -0.05) is 6.07 Å². The summed E-state index contributed by atoms with van der Waals surface area (Å²) in [6, 6.07) is 7.37. The van der Waals surface area contributed by atoms with Crippen LogP contribution in [0.5, 0.6) is 0 Å². The third kappa shape index (κ3) is 3.78. The third-order valence-corrected chi connectivity index (χ3v) is 4.06. The molecule has 2 rings (SSSR count). The van der Waals surface area contributed by atoms with Gasteiger partial charge in [0.25, 0.3) is 11.8 Å². The van der Waals surface area contributed by atoms with E-state index in [1.54, 1.807) is 38.4 Å². The van der Waals surface area contributed by atoms with E-state index in [9.17, 15) is 9.59 Å². The first kappa shape index (κ1) is 18.5. The Morgan fingerprint density at radius 2 is 1.86 bits per heavy atom. The monoisotopic (exact) mass is 325 g/mol. The minimum absolute atomic E-state index is 0. The van der Waals surface area contributed by atoms with Crippen molar-refractivity contribution >= 4 is 24.2 Å². The van der Waals surface area contributed by atoms with Gasteiger partial charge in [0.1, 0.15) is 0 Å². The normalized spacial score (nSPS) is 21.0. The fourth-order valence-electron chi connectivity index (χ4n) is 2.55. The number of nitrogens with zero attached hydrogens (tertiary/aromatic N) is 2. The van der Waals surface area contributed by atoms with Crippen LogP contribution in [0.15, 0.2) is 24.3 Å². The van der Waals surface area contributed by atoms with Gasteiger partial charge in [0, 0.05) is 50.4 Å². The van der Waals surface area contributed by atoms with Crippen LogP contribution in [0.4, 0.5) is 0 Å². The number of carbonyl (C=O) groups is 2. The number of benzene rings is 1. The molecule has 0 aliphatic carbocycles. The molecule has 1 fully saturated rings. The maximum absolute atomic E-state index is 12.7. The van der Waals surface area contributed by atoms with Crippen molar-refractivity contribution in [1.29, 1.82) is 0 Å². The summed E-state index contributed by atoms with van der Waals surface area (Å²) in [6.07, 6.45) is 0. The Bertz CT molecular complexity index is 548. The molecule has 1 N–H and O–H groups in total. The summed E-state index contributed by atoms with van der Waals surface area (Å²) in [7, 11) is 3.41. The number of nitrogens with one attached hydrogen (secondary N) is 1. The second-order valence-electron chi connectivity index (χ2n) is 5.76. The SMILES string of the molecule is CC1NCCN(C(=O)c2cccc(C(=O)N(C)C)c2)C1C.Cl. The average molecular weight is 326 g/mol. The van der Waals surface area contributed by atoms with E-state index in [-0.39, 0.29) is 36.3 Å². The second-order valence-corrected chi connectivity index (χ2v) is 5.76. The van der Waals surface area contributed by atoms with Gasteiger partial charge in [-0.05, 0) is 32.0 Å². The number of hydrogen-bond acceptors (Lipinski definition) is 3. The first-order valence-corrected chi connectivity index (χ1v) is 7.28. The molecular weight excluding hydrogens is 302 g/mol. The van der Waals surface area contributed by atoms with Crippen LogP contribution >= 0.6 is 12.4 Å². The van der Waals surface area contributed by atoms with Gasteiger partial charge < -0.3 is 15.1 Å². The number of amides is 2. The van der Waals surface area contributed by atoms with Crippen LogP contribution in [-0.2, 0) is 0 Å². The van der Waals surface area contributed by atoms with Crippen molar-refractivity contribution < 1.29 is 9.59 Å². The quantitative estimate of drug-likeness (QED) is 0.899. The Kier molecular flexibility index (Phi) is 6.38. The van der Waals surface area contributed by atoms with Crippen LogP contribution in [0.25, 0.3) is 0 Å². The van der Waals surface area contributed by atoms with Crippen molar-refractivity contribution in [3.8, 4) is 0 Å². The molecule has 6 heteroatoms. The maximum Gasteiger partial charge on any atom is 0.254 e. The minimum Gasteiger partial charge on any atom is -0.345 e. The second kappa shape index (κ2) is 7.61. The molecule has 0 aromatic heterocycles. The summed E-state index contributed by atoms with van der Waals surface area (Å²) in [6.45, 7) is 5.61. The molecule has 0 saturated carbocycles. The van der Waals surface area contributed by atoms with Crippen molar-refractivity contribution in [2.75, 3.05) is 27.2 Å². The lowest BCUT2D eigenvalue weighted by Gasteiger charge is -2.38. The lowest BCUT2D eigenvalue weighted by molar-refractivity contribution is 0.0603. The standard InChI is InChI=1S/C16H23N3O2.ClH/c1-11-12(2)19(9-8-17-11)16(21)14-7-5-6-13(10-14)15(20)18(3)4;/h5-7,10-12,17H,8-9H2,1-4H3;1H. The number of hydrogen-bond donors (Lipinski definition) is 1. The van der Waals surface area contributed by atoms with Crippen molar-refractivity contribution in [3.63, 3.8) is 0 Å². The number of rotatable bonds is 2. The Morgan fingerprint density at radius 3 is 2.50 bits per heavy atom. The van der Waals surface area contributed by atoms with Gasteiger partial charge in [0.05, 0.1) is 0 Å². The summed E-state index contributed by atoms with van der Waals surface area (Å²) in [5.74, 6) is -0.101. The van der Waals surface area contributed by atoms with Gasteiger partial charge in [-0.3, -0.25) is 9.59 Å². The van der Waals surface area contributed by atoms with E-state index >= 15 is 0 Å². The highest BCUT2D eigenvalue weighted by molar-refractivity contribution is 5.99. The van der Waals surface area contributed by atoms with E-state index < -0.39 is 0 Å². The molecule has 122 valence electrons. The smallest absolute Gasteiger partial charge is 0.254 e. The summed E-state index contributed by atoms with van der Waals surface area (Å²) >= 11 is 0. The zero-order valence-electron chi connectivity index (χ0n) is 13.5. The Hall–Kier alpha value is -1.59. The summed E-state index contributed by atoms with van der Waals surface area (Å²) in [5.41, 5.74) is 1.12. The summed E-state index contributed by atoms with van der Waals surface area (Å²) in [5, 5.41) is 3.36. The predicted octanol–water partition coefficient (Wildman–Crippen LogP) is 1.63. The maximum atomic E-state index is 12.7. The molecule has 0 radical (unpaired) electrons. The van der Waals surface area contributed by atoms with Gasteiger partial charge >= 0.3 is 0 Å². The lowest BCUT2D eigenvalue weighted by Crippen LogP contribution is -2.57. The highest BCUT2D eigenvalue weighted by atomic mass is 35.5. The van der Waals surface area contributed by atoms with Gasteiger partial charge in [-0.25, -0.2) is 0 Å². The van der Waals surface area contributed by atoms with Crippen molar-refractivity contribution in [2.24, 2.45) is 0 Å². The minimum atomic E-state index is -0.0913. The van der Waals surface area contributed by atoms with E-state index in [1.165, 1.54) is 4.90 Å².